The van der Waals surface area contributed by atoms with Crippen molar-refractivity contribution in [3.05, 3.63) is 11.6 Å². The van der Waals surface area contributed by atoms with E-state index in [1.54, 1.807) is 0 Å². The van der Waals surface area contributed by atoms with Crippen LogP contribution in [0, 0.1) is 0 Å². The van der Waals surface area contributed by atoms with Gasteiger partial charge >= 0.3 is 0 Å². The molecule has 1 aromatic heterocycles. The van der Waals surface area contributed by atoms with Gasteiger partial charge in [0.25, 0.3) is 0 Å². The molecule has 1 aromatic rings. The molecule has 0 amide bonds. The molecule has 2 N–H and O–H groups in total. The van der Waals surface area contributed by atoms with E-state index in [0.29, 0.717) is 5.92 Å². The maximum Gasteiger partial charge on any atom is 0.153 e. The summed E-state index contributed by atoms with van der Waals surface area (Å²) in [6, 6.07) is 0. The number of nitrogens with zero attached hydrogens (tertiary/aromatic N) is 3. The molecule has 80 valence electrons. The van der Waals surface area contributed by atoms with E-state index in [-0.39, 0.29) is 0 Å². The molecule has 0 fully saturated rings. The highest BCUT2D eigenvalue weighted by molar-refractivity contribution is 4.96. The van der Waals surface area contributed by atoms with Gasteiger partial charge in [-0.05, 0) is 19.4 Å². The molecule has 0 bridgehead atoms. The van der Waals surface area contributed by atoms with Gasteiger partial charge in [-0.1, -0.05) is 13.8 Å². The van der Waals surface area contributed by atoms with Gasteiger partial charge in [-0.2, -0.15) is 5.10 Å². The van der Waals surface area contributed by atoms with Crippen LogP contribution in [0.25, 0.3) is 0 Å². The lowest BCUT2D eigenvalue weighted by atomic mass is 10.2. The maximum absolute atomic E-state index is 5.44. The molecule has 0 aliphatic rings. The van der Waals surface area contributed by atoms with E-state index in [1.165, 1.54) is 0 Å². The monoisotopic (exact) mass is 196 g/mol. The largest absolute Gasteiger partial charge is 0.330 e. The van der Waals surface area contributed by atoms with Crippen LogP contribution in [-0.2, 0) is 13.5 Å². The maximum atomic E-state index is 5.44. The van der Waals surface area contributed by atoms with Crippen molar-refractivity contribution in [1.29, 1.82) is 0 Å². The van der Waals surface area contributed by atoms with E-state index in [4.69, 9.17) is 5.73 Å². The highest BCUT2D eigenvalue weighted by Crippen LogP contribution is 2.10. The van der Waals surface area contributed by atoms with Crippen LogP contribution in [0.2, 0.25) is 0 Å². The van der Waals surface area contributed by atoms with Crippen LogP contribution in [0.5, 0.6) is 0 Å². The Morgan fingerprint density at radius 1 is 1.36 bits per heavy atom. The highest BCUT2D eigenvalue weighted by Gasteiger charge is 2.09. The zero-order valence-corrected chi connectivity index (χ0v) is 9.32. The van der Waals surface area contributed by atoms with Crippen molar-refractivity contribution < 1.29 is 0 Å². The zero-order valence-electron chi connectivity index (χ0n) is 9.32. The van der Waals surface area contributed by atoms with Gasteiger partial charge in [-0.3, -0.25) is 4.68 Å². The Hall–Kier alpha value is -0.900. The van der Waals surface area contributed by atoms with Gasteiger partial charge < -0.3 is 5.73 Å². The summed E-state index contributed by atoms with van der Waals surface area (Å²) >= 11 is 0. The molecule has 14 heavy (non-hydrogen) atoms. The van der Waals surface area contributed by atoms with E-state index < -0.39 is 0 Å². The molecule has 0 aliphatic heterocycles. The van der Waals surface area contributed by atoms with Crippen molar-refractivity contribution in [2.45, 2.75) is 39.0 Å². The molecule has 1 rings (SSSR count). The number of hydrogen-bond acceptors (Lipinski definition) is 3. The van der Waals surface area contributed by atoms with Gasteiger partial charge in [0.05, 0.1) is 0 Å². The number of rotatable bonds is 5. The van der Waals surface area contributed by atoms with Crippen molar-refractivity contribution in [1.82, 2.24) is 14.8 Å². The molecule has 0 aromatic carbocycles. The van der Waals surface area contributed by atoms with Crippen molar-refractivity contribution in [2.24, 2.45) is 12.8 Å². The second-order valence-electron chi connectivity index (χ2n) is 3.91. The number of unbranched alkanes of at least 4 members (excludes halogenated alkanes) is 1. The first kappa shape index (κ1) is 11.2. The van der Waals surface area contributed by atoms with E-state index in [2.05, 4.69) is 23.9 Å². The van der Waals surface area contributed by atoms with Crippen LogP contribution >= 0.6 is 0 Å². The summed E-state index contributed by atoms with van der Waals surface area (Å²) in [4.78, 5) is 4.49. The molecule has 0 saturated heterocycles. The summed E-state index contributed by atoms with van der Waals surface area (Å²) < 4.78 is 1.88. The van der Waals surface area contributed by atoms with Crippen LogP contribution in [0.4, 0.5) is 0 Å². The van der Waals surface area contributed by atoms with Gasteiger partial charge in [0.1, 0.15) is 5.82 Å². The minimum Gasteiger partial charge on any atom is -0.330 e. The summed E-state index contributed by atoms with van der Waals surface area (Å²) in [5.74, 6) is 2.42. The summed E-state index contributed by atoms with van der Waals surface area (Å²) in [6.07, 6.45) is 3.14. The van der Waals surface area contributed by atoms with Crippen LogP contribution in [0.15, 0.2) is 0 Å². The quantitative estimate of drug-likeness (QED) is 0.720. The second kappa shape index (κ2) is 5.10. The molecule has 0 atom stereocenters. The predicted octanol–water partition coefficient (Wildman–Crippen LogP) is 1.22. The first-order valence-corrected chi connectivity index (χ1v) is 5.25. The van der Waals surface area contributed by atoms with E-state index in [9.17, 15) is 0 Å². The van der Waals surface area contributed by atoms with Gasteiger partial charge in [-0.15, -0.1) is 0 Å². The van der Waals surface area contributed by atoms with Crippen LogP contribution in [0.3, 0.4) is 0 Å². The average Bonchev–Trinajstić information content (AvgIpc) is 2.49. The first-order chi connectivity index (χ1) is 6.65. The minimum atomic E-state index is 0.407. The lowest BCUT2D eigenvalue weighted by Gasteiger charge is -1.97. The van der Waals surface area contributed by atoms with Gasteiger partial charge in [0, 0.05) is 19.4 Å². The predicted molar refractivity (Wildman–Crippen MR) is 57.1 cm³/mol. The fourth-order valence-corrected chi connectivity index (χ4v) is 1.33. The number of nitrogens with two attached hydrogens (primary N) is 1. The van der Waals surface area contributed by atoms with Gasteiger partial charge in [0.15, 0.2) is 5.82 Å². The van der Waals surface area contributed by atoms with Gasteiger partial charge in [0.2, 0.25) is 0 Å². The smallest absolute Gasteiger partial charge is 0.153 e. The Kier molecular flexibility index (Phi) is 4.07. The van der Waals surface area contributed by atoms with Crippen LogP contribution in [0.1, 0.15) is 44.3 Å². The summed E-state index contributed by atoms with van der Waals surface area (Å²) in [7, 11) is 1.96. The van der Waals surface area contributed by atoms with E-state index in [1.807, 2.05) is 11.7 Å². The Morgan fingerprint density at radius 2 is 2.07 bits per heavy atom. The van der Waals surface area contributed by atoms with Crippen molar-refractivity contribution in [2.75, 3.05) is 6.54 Å². The normalized spacial score (nSPS) is 11.2. The Morgan fingerprint density at radius 3 is 2.57 bits per heavy atom. The third kappa shape index (κ3) is 2.80. The fourth-order valence-electron chi connectivity index (χ4n) is 1.33. The van der Waals surface area contributed by atoms with Crippen molar-refractivity contribution in [3.63, 3.8) is 0 Å². The number of aryl methyl sites for hydroxylation is 2. The molecule has 0 unspecified atom stereocenters. The fraction of sp³-hybridized carbons (Fsp3) is 0.800. The molecular weight excluding hydrogens is 176 g/mol. The highest BCUT2D eigenvalue weighted by atomic mass is 15.3. The number of hydrogen-bond donors (Lipinski definition) is 1. The second-order valence-corrected chi connectivity index (χ2v) is 3.91. The Labute approximate surface area is 85.5 Å². The zero-order chi connectivity index (χ0) is 10.6. The molecule has 4 heteroatoms. The molecular formula is C10H20N4. The van der Waals surface area contributed by atoms with Crippen molar-refractivity contribution in [3.8, 4) is 0 Å². The lowest BCUT2D eigenvalue weighted by molar-refractivity contribution is 0.647. The van der Waals surface area contributed by atoms with E-state index >= 15 is 0 Å². The Bertz CT molecular complexity index is 278. The first-order valence-electron chi connectivity index (χ1n) is 5.25. The van der Waals surface area contributed by atoms with Gasteiger partial charge in [-0.25, -0.2) is 4.98 Å². The third-order valence-corrected chi connectivity index (χ3v) is 2.24. The average molecular weight is 196 g/mol. The molecule has 0 radical (unpaired) electrons. The summed E-state index contributed by atoms with van der Waals surface area (Å²) in [5, 5.41) is 4.36. The Balaban J connectivity index is 2.58. The minimum absolute atomic E-state index is 0.407. The summed E-state index contributed by atoms with van der Waals surface area (Å²) in [5.41, 5.74) is 5.44. The standard InChI is InChI=1S/C10H20N4/c1-8(2)10-12-9(14(3)13-10)6-4-5-7-11/h8H,4-7,11H2,1-3H3. The number of aromatic nitrogens is 3. The topological polar surface area (TPSA) is 56.7 Å². The molecule has 4 nitrogen and oxygen atoms in total. The van der Waals surface area contributed by atoms with Crippen LogP contribution in [-0.4, -0.2) is 21.3 Å². The van der Waals surface area contributed by atoms with E-state index in [0.717, 1.165) is 37.5 Å². The SMILES string of the molecule is CC(C)c1nc(CCCCN)n(C)n1. The summed E-state index contributed by atoms with van der Waals surface area (Å²) in [6.45, 7) is 4.98. The molecule has 0 saturated carbocycles. The third-order valence-electron chi connectivity index (χ3n) is 2.24. The van der Waals surface area contributed by atoms with Crippen molar-refractivity contribution >= 4 is 0 Å². The van der Waals surface area contributed by atoms with Crippen LogP contribution < -0.4 is 5.73 Å². The lowest BCUT2D eigenvalue weighted by Crippen LogP contribution is -2.03. The molecule has 0 aliphatic carbocycles. The molecule has 1 heterocycles. The molecule has 0 spiro atoms.